The molecule has 7 nitrogen and oxygen atoms in total. The molecule has 208 valence electrons. The molecule has 3 saturated carbocycles. The number of fused-ring (bicyclic) bond motifs is 1. The number of hydrogen-bond donors (Lipinski definition) is 2. The SMILES string of the molecule is O=C(CCC(F)(F)F)N[C@@H](c1cnn2cc([C@@H](NC(=O)C3CCC3)C3CCC(F)(F)CC3)nc2c1)C1CC1. The molecule has 0 unspecified atom stereocenters. The summed E-state index contributed by atoms with van der Waals surface area (Å²) < 4.78 is 66.9. The van der Waals surface area contributed by atoms with Gasteiger partial charge in [-0.2, -0.15) is 18.3 Å². The van der Waals surface area contributed by atoms with Crippen LogP contribution in [0.15, 0.2) is 18.5 Å². The topological polar surface area (TPSA) is 88.4 Å². The zero-order valence-electron chi connectivity index (χ0n) is 20.9. The molecule has 2 aromatic rings. The molecule has 2 heterocycles. The largest absolute Gasteiger partial charge is 0.389 e. The molecular formula is C26H32F5N5O2. The molecule has 0 aliphatic heterocycles. The number of hydrogen-bond acceptors (Lipinski definition) is 4. The van der Waals surface area contributed by atoms with E-state index in [2.05, 4.69) is 20.7 Å². The Hall–Kier alpha value is -2.79. The van der Waals surface area contributed by atoms with E-state index in [-0.39, 0.29) is 49.3 Å². The highest BCUT2D eigenvalue weighted by atomic mass is 19.4. The Balaban J connectivity index is 1.36. The van der Waals surface area contributed by atoms with Crippen LogP contribution in [0.1, 0.15) is 94.0 Å². The number of carbonyl (C=O) groups is 2. The number of halogens is 5. The Morgan fingerprint density at radius 2 is 1.71 bits per heavy atom. The zero-order chi connectivity index (χ0) is 27.1. The third-order valence-electron chi connectivity index (χ3n) is 8.09. The number of aromatic nitrogens is 3. The molecule has 3 aliphatic carbocycles. The summed E-state index contributed by atoms with van der Waals surface area (Å²) in [7, 11) is 0. The van der Waals surface area contributed by atoms with E-state index >= 15 is 0 Å². The number of rotatable bonds is 9. The maximum Gasteiger partial charge on any atom is 0.389 e. The first-order chi connectivity index (χ1) is 18.0. The zero-order valence-corrected chi connectivity index (χ0v) is 20.9. The van der Waals surface area contributed by atoms with Crippen LogP contribution in [-0.2, 0) is 9.59 Å². The van der Waals surface area contributed by atoms with Crippen molar-refractivity contribution in [1.82, 2.24) is 25.2 Å². The van der Waals surface area contributed by atoms with Crippen molar-refractivity contribution in [3.63, 3.8) is 0 Å². The molecule has 2 atom stereocenters. The van der Waals surface area contributed by atoms with Crippen molar-refractivity contribution in [1.29, 1.82) is 0 Å². The Morgan fingerprint density at radius 1 is 1.03 bits per heavy atom. The molecule has 2 aromatic heterocycles. The van der Waals surface area contributed by atoms with Gasteiger partial charge in [0, 0.05) is 25.2 Å². The van der Waals surface area contributed by atoms with E-state index in [9.17, 15) is 31.5 Å². The molecule has 0 spiro atoms. The molecular weight excluding hydrogens is 509 g/mol. The molecule has 5 rings (SSSR count). The standard InChI is InChI=1S/C26H32F5N5O2/c27-25(28)9-6-16(7-10-25)23(35-24(38)17-2-1-3-17)19-14-36-20(33-19)12-18(13-32-36)22(15-4-5-15)34-21(37)8-11-26(29,30)31/h12-17,22-23H,1-11H2,(H,34,37)(H,35,38)/t22-,23+/m1/s1. The van der Waals surface area contributed by atoms with Gasteiger partial charge in [0.25, 0.3) is 0 Å². The predicted octanol–water partition coefficient (Wildman–Crippen LogP) is 5.42. The van der Waals surface area contributed by atoms with Crippen LogP contribution in [0, 0.1) is 17.8 Å². The fraction of sp³-hybridized carbons (Fsp3) is 0.692. The number of nitrogens with zero attached hydrogens (tertiary/aromatic N) is 3. The van der Waals surface area contributed by atoms with Gasteiger partial charge in [0.15, 0.2) is 5.65 Å². The lowest BCUT2D eigenvalue weighted by molar-refractivity contribution is -0.144. The summed E-state index contributed by atoms with van der Waals surface area (Å²) in [5.74, 6) is -3.59. The third-order valence-corrected chi connectivity index (χ3v) is 8.09. The summed E-state index contributed by atoms with van der Waals surface area (Å²) in [5, 5.41) is 10.2. The van der Waals surface area contributed by atoms with E-state index in [0.29, 0.717) is 16.9 Å². The first-order valence-corrected chi connectivity index (χ1v) is 13.4. The fourth-order valence-corrected chi connectivity index (χ4v) is 5.40. The van der Waals surface area contributed by atoms with Crippen LogP contribution in [0.4, 0.5) is 22.0 Å². The maximum atomic E-state index is 13.9. The van der Waals surface area contributed by atoms with Gasteiger partial charge in [0.2, 0.25) is 17.7 Å². The maximum absolute atomic E-state index is 13.9. The van der Waals surface area contributed by atoms with Gasteiger partial charge in [-0.3, -0.25) is 9.59 Å². The van der Waals surface area contributed by atoms with Crippen LogP contribution >= 0.6 is 0 Å². The van der Waals surface area contributed by atoms with E-state index in [4.69, 9.17) is 0 Å². The molecule has 12 heteroatoms. The molecule has 0 aromatic carbocycles. The highest BCUT2D eigenvalue weighted by Gasteiger charge is 2.40. The number of nitrogens with one attached hydrogen (secondary N) is 2. The number of imidazole rings is 1. The second-order valence-corrected chi connectivity index (χ2v) is 11.1. The summed E-state index contributed by atoms with van der Waals surface area (Å²) in [4.78, 5) is 29.7. The highest BCUT2D eigenvalue weighted by Crippen LogP contribution is 2.43. The minimum Gasteiger partial charge on any atom is -0.349 e. The third kappa shape index (κ3) is 6.43. The number of amides is 2. The quantitative estimate of drug-likeness (QED) is 0.415. The number of alkyl halides is 5. The molecule has 38 heavy (non-hydrogen) atoms. The lowest BCUT2D eigenvalue weighted by Crippen LogP contribution is -2.41. The van der Waals surface area contributed by atoms with Gasteiger partial charge >= 0.3 is 6.18 Å². The summed E-state index contributed by atoms with van der Waals surface area (Å²) in [6, 6.07) is 0.748. The van der Waals surface area contributed by atoms with Crippen molar-refractivity contribution < 1.29 is 31.5 Å². The van der Waals surface area contributed by atoms with E-state index in [1.165, 1.54) is 4.52 Å². The van der Waals surface area contributed by atoms with Crippen molar-refractivity contribution in [3.8, 4) is 0 Å². The summed E-state index contributed by atoms with van der Waals surface area (Å²) in [6.45, 7) is 0. The molecule has 2 N–H and O–H groups in total. The van der Waals surface area contributed by atoms with Gasteiger partial charge in [-0.05, 0) is 62.0 Å². The summed E-state index contributed by atoms with van der Waals surface area (Å²) in [6.07, 6.45) is 1.40. The molecule has 0 bridgehead atoms. The van der Waals surface area contributed by atoms with Crippen LogP contribution in [0.3, 0.4) is 0 Å². The first kappa shape index (κ1) is 26.8. The van der Waals surface area contributed by atoms with E-state index in [1.807, 2.05) is 0 Å². The average molecular weight is 542 g/mol. The average Bonchev–Trinajstić information content (AvgIpc) is 3.56. The van der Waals surface area contributed by atoms with Gasteiger partial charge in [-0.25, -0.2) is 18.3 Å². The lowest BCUT2D eigenvalue weighted by Gasteiger charge is -2.35. The summed E-state index contributed by atoms with van der Waals surface area (Å²) >= 11 is 0. The van der Waals surface area contributed by atoms with Crippen LogP contribution < -0.4 is 10.6 Å². The van der Waals surface area contributed by atoms with E-state index < -0.39 is 42.9 Å². The second-order valence-electron chi connectivity index (χ2n) is 11.1. The monoisotopic (exact) mass is 541 g/mol. The Kier molecular flexibility index (Phi) is 7.34. The van der Waals surface area contributed by atoms with Crippen LogP contribution in [0.25, 0.3) is 5.65 Å². The fourth-order valence-electron chi connectivity index (χ4n) is 5.40. The van der Waals surface area contributed by atoms with E-state index in [0.717, 1.165) is 32.1 Å². The van der Waals surface area contributed by atoms with Crippen molar-refractivity contribution in [2.45, 2.75) is 94.8 Å². The van der Waals surface area contributed by atoms with Gasteiger partial charge in [0.1, 0.15) is 0 Å². The molecule has 3 fully saturated rings. The second kappa shape index (κ2) is 10.4. The number of carbonyl (C=O) groups excluding carboxylic acids is 2. The Labute approximate surface area is 216 Å². The van der Waals surface area contributed by atoms with Gasteiger partial charge in [-0.15, -0.1) is 0 Å². The van der Waals surface area contributed by atoms with Gasteiger partial charge in [0.05, 0.1) is 36.6 Å². The van der Waals surface area contributed by atoms with Crippen LogP contribution in [0.5, 0.6) is 0 Å². The first-order valence-electron chi connectivity index (χ1n) is 13.4. The molecule has 0 radical (unpaired) electrons. The highest BCUT2D eigenvalue weighted by molar-refractivity contribution is 5.80. The normalized spacial score (nSPS) is 22.0. The van der Waals surface area contributed by atoms with Crippen molar-refractivity contribution in [2.24, 2.45) is 17.8 Å². The van der Waals surface area contributed by atoms with Crippen molar-refractivity contribution in [3.05, 3.63) is 29.7 Å². The minimum absolute atomic E-state index is 0.0652. The molecule has 0 saturated heterocycles. The van der Waals surface area contributed by atoms with Crippen molar-refractivity contribution in [2.75, 3.05) is 0 Å². The summed E-state index contributed by atoms with van der Waals surface area (Å²) in [5.41, 5.74) is 1.64. The molecule has 2 amide bonds. The Morgan fingerprint density at radius 3 is 2.32 bits per heavy atom. The van der Waals surface area contributed by atoms with E-state index in [1.54, 1.807) is 18.5 Å². The molecule has 3 aliphatic rings. The van der Waals surface area contributed by atoms with Crippen LogP contribution in [0.2, 0.25) is 0 Å². The minimum atomic E-state index is -4.40. The van der Waals surface area contributed by atoms with Gasteiger partial charge < -0.3 is 10.6 Å². The lowest BCUT2D eigenvalue weighted by atomic mass is 9.80. The predicted molar refractivity (Wildman–Crippen MR) is 127 cm³/mol. The van der Waals surface area contributed by atoms with Crippen LogP contribution in [-0.4, -0.2) is 38.5 Å². The Bertz CT molecular complexity index is 1160. The van der Waals surface area contributed by atoms with Crippen molar-refractivity contribution >= 4 is 17.5 Å². The smallest absolute Gasteiger partial charge is 0.349 e. The van der Waals surface area contributed by atoms with Gasteiger partial charge in [-0.1, -0.05) is 6.42 Å².